The van der Waals surface area contributed by atoms with E-state index in [0.29, 0.717) is 18.0 Å². The molecule has 1 fully saturated rings. The van der Waals surface area contributed by atoms with E-state index in [-0.39, 0.29) is 0 Å². The Balaban J connectivity index is 1.48. The van der Waals surface area contributed by atoms with Crippen molar-refractivity contribution in [2.45, 2.75) is 25.3 Å². The van der Waals surface area contributed by atoms with Crippen LogP contribution in [-0.2, 0) is 16.6 Å². The minimum Gasteiger partial charge on any atom is -0.296 e. The first kappa shape index (κ1) is 19.1. The number of sulfonamides is 1. The first-order valence-electron chi connectivity index (χ1n) is 9.71. The lowest BCUT2D eigenvalue weighted by atomic mass is 10.0. The molecule has 1 heterocycles. The normalized spacial score (nSPS) is 16.5. The van der Waals surface area contributed by atoms with Gasteiger partial charge in [-0.3, -0.25) is 4.90 Å². The summed E-state index contributed by atoms with van der Waals surface area (Å²) in [4.78, 5) is 2.78. The smallest absolute Gasteiger partial charge is 0.243 e. The molecular formula is C23H26N2O2S. The lowest BCUT2D eigenvalue weighted by Crippen LogP contribution is -2.48. The molecule has 3 aromatic rings. The molecule has 0 spiro atoms. The average molecular weight is 395 g/mol. The Hall–Kier alpha value is -2.21. The summed E-state index contributed by atoms with van der Waals surface area (Å²) in [5.41, 5.74) is 3.08. The fraction of sp³-hybridized carbons (Fsp3) is 0.304. The van der Waals surface area contributed by atoms with Crippen molar-refractivity contribution < 1.29 is 8.42 Å². The van der Waals surface area contributed by atoms with Crippen molar-refractivity contribution >= 4 is 20.8 Å². The maximum Gasteiger partial charge on any atom is 0.243 e. The highest BCUT2D eigenvalue weighted by molar-refractivity contribution is 7.89. The topological polar surface area (TPSA) is 40.6 Å². The number of hydrogen-bond acceptors (Lipinski definition) is 3. The van der Waals surface area contributed by atoms with Gasteiger partial charge in [0.15, 0.2) is 0 Å². The van der Waals surface area contributed by atoms with Gasteiger partial charge in [-0.05, 0) is 47.4 Å². The molecule has 0 saturated carbocycles. The molecule has 5 heteroatoms. The highest BCUT2D eigenvalue weighted by Crippen LogP contribution is 2.24. The van der Waals surface area contributed by atoms with Gasteiger partial charge in [0.05, 0.1) is 4.90 Å². The van der Waals surface area contributed by atoms with Crippen LogP contribution < -0.4 is 0 Å². The average Bonchev–Trinajstić information content (AvgIpc) is 2.70. The summed E-state index contributed by atoms with van der Waals surface area (Å²) in [5, 5.41) is 2.52. The second-order valence-electron chi connectivity index (χ2n) is 7.59. The van der Waals surface area contributed by atoms with Gasteiger partial charge in [0.1, 0.15) is 0 Å². The zero-order chi connectivity index (χ0) is 19.7. The van der Waals surface area contributed by atoms with Gasteiger partial charge in [0.25, 0.3) is 0 Å². The highest BCUT2D eigenvalue weighted by Gasteiger charge is 2.29. The Bertz CT molecular complexity index is 1100. The van der Waals surface area contributed by atoms with Crippen molar-refractivity contribution in [1.82, 2.24) is 9.21 Å². The minimum absolute atomic E-state index is 0.440. The van der Waals surface area contributed by atoms with Gasteiger partial charge < -0.3 is 0 Å². The number of aryl methyl sites for hydroxylation is 2. The van der Waals surface area contributed by atoms with Gasteiger partial charge in [0.2, 0.25) is 10.0 Å². The molecule has 0 N–H and O–H groups in total. The molecule has 4 nitrogen and oxygen atoms in total. The number of hydrogen-bond donors (Lipinski definition) is 0. The SMILES string of the molecule is Cc1ccc(C)c(S(=O)(=O)N2CCN(Cc3cccc4ccccc34)CC2)c1. The van der Waals surface area contributed by atoms with E-state index in [2.05, 4.69) is 47.4 Å². The molecule has 0 amide bonds. The van der Waals surface area contributed by atoms with E-state index in [1.807, 2.05) is 26.0 Å². The van der Waals surface area contributed by atoms with Crippen molar-refractivity contribution in [1.29, 1.82) is 0 Å². The van der Waals surface area contributed by atoms with Gasteiger partial charge in [0, 0.05) is 32.7 Å². The summed E-state index contributed by atoms with van der Waals surface area (Å²) < 4.78 is 27.8. The summed E-state index contributed by atoms with van der Waals surface area (Å²) >= 11 is 0. The van der Waals surface area contributed by atoms with E-state index in [0.717, 1.165) is 30.8 Å². The Kier molecular flexibility index (Phi) is 5.23. The molecule has 0 atom stereocenters. The number of piperazine rings is 1. The quantitative estimate of drug-likeness (QED) is 0.672. The van der Waals surface area contributed by atoms with Crippen LogP contribution in [0.1, 0.15) is 16.7 Å². The van der Waals surface area contributed by atoms with Crippen molar-refractivity contribution in [3.05, 3.63) is 77.4 Å². The van der Waals surface area contributed by atoms with Crippen LogP contribution in [0, 0.1) is 13.8 Å². The molecule has 3 aromatic carbocycles. The van der Waals surface area contributed by atoms with Gasteiger partial charge >= 0.3 is 0 Å². The van der Waals surface area contributed by atoms with Gasteiger partial charge in [-0.2, -0.15) is 4.31 Å². The van der Waals surface area contributed by atoms with Crippen LogP contribution in [0.2, 0.25) is 0 Å². The van der Waals surface area contributed by atoms with Crippen molar-refractivity contribution in [3.63, 3.8) is 0 Å². The predicted octanol–water partition coefficient (Wildman–Crippen LogP) is 3.96. The maximum atomic E-state index is 13.1. The summed E-state index contributed by atoms with van der Waals surface area (Å²) in [6.45, 7) is 7.18. The number of benzene rings is 3. The fourth-order valence-electron chi connectivity index (χ4n) is 3.92. The van der Waals surface area contributed by atoms with Crippen LogP contribution >= 0.6 is 0 Å². The number of fused-ring (bicyclic) bond motifs is 1. The van der Waals surface area contributed by atoms with Crippen LogP contribution in [-0.4, -0.2) is 43.8 Å². The summed E-state index contributed by atoms with van der Waals surface area (Å²) in [5.74, 6) is 0. The third-order valence-electron chi connectivity index (χ3n) is 5.57. The molecule has 0 aromatic heterocycles. The van der Waals surface area contributed by atoms with Crippen molar-refractivity contribution in [2.75, 3.05) is 26.2 Å². The van der Waals surface area contributed by atoms with E-state index in [9.17, 15) is 8.42 Å². The molecule has 0 unspecified atom stereocenters. The zero-order valence-electron chi connectivity index (χ0n) is 16.4. The van der Waals surface area contributed by atoms with E-state index in [1.165, 1.54) is 16.3 Å². The maximum absolute atomic E-state index is 13.1. The Morgan fingerprint density at radius 3 is 2.36 bits per heavy atom. The number of rotatable bonds is 4. The second kappa shape index (κ2) is 7.66. The molecule has 4 rings (SSSR count). The lowest BCUT2D eigenvalue weighted by Gasteiger charge is -2.34. The van der Waals surface area contributed by atoms with E-state index < -0.39 is 10.0 Å². The third kappa shape index (κ3) is 3.70. The molecule has 0 aliphatic carbocycles. The summed E-state index contributed by atoms with van der Waals surface area (Å²) in [6, 6.07) is 20.4. The Morgan fingerprint density at radius 1 is 0.857 bits per heavy atom. The molecule has 1 aliphatic rings. The monoisotopic (exact) mass is 394 g/mol. The highest BCUT2D eigenvalue weighted by atomic mass is 32.2. The first-order valence-corrected chi connectivity index (χ1v) is 11.2. The van der Waals surface area contributed by atoms with Crippen LogP contribution in [0.3, 0.4) is 0 Å². The summed E-state index contributed by atoms with van der Waals surface area (Å²) in [7, 11) is -3.44. The van der Waals surface area contributed by atoms with Crippen molar-refractivity contribution in [3.8, 4) is 0 Å². The molecule has 146 valence electrons. The van der Waals surface area contributed by atoms with E-state index in [1.54, 1.807) is 10.4 Å². The fourth-order valence-corrected chi connectivity index (χ4v) is 5.66. The predicted molar refractivity (Wildman–Crippen MR) is 114 cm³/mol. The van der Waals surface area contributed by atoms with Crippen LogP contribution in [0.15, 0.2) is 65.6 Å². The lowest BCUT2D eigenvalue weighted by molar-refractivity contribution is 0.182. The van der Waals surface area contributed by atoms with Crippen LogP contribution in [0.25, 0.3) is 10.8 Å². The Labute approximate surface area is 167 Å². The van der Waals surface area contributed by atoms with E-state index >= 15 is 0 Å². The summed E-state index contributed by atoms with van der Waals surface area (Å²) in [6.07, 6.45) is 0. The van der Waals surface area contributed by atoms with Gasteiger partial charge in [-0.15, -0.1) is 0 Å². The molecule has 1 aliphatic heterocycles. The minimum atomic E-state index is -3.44. The number of nitrogens with zero attached hydrogens (tertiary/aromatic N) is 2. The third-order valence-corrected chi connectivity index (χ3v) is 7.61. The molecule has 28 heavy (non-hydrogen) atoms. The van der Waals surface area contributed by atoms with E-state index in [4.69, 9.17) is 0 Å². The van der Waals surface area contributed by atoms with Crippen molar-refractivity contribution in [2.24, 2.45) is 0 Å². The van der Waals surface area contributed by atoms with Gasteiger partial charge in [-0.1, -0.05) is 54.6 Å². The zero-order valence-corrected chi connectivity index (χ0v) is 17.2. The second-order valence-corrected chi connectivity index (χ2v) is 9.49. The first-order chi connectivity index (χ1) is 13.4. The van der Waals surface area contributed by atoms with Gasteiger partial charge in [-0.25, -0.2) is 8.42 Å². The standard InChI is InChI=1S/C23H26N2O2S/c1-18-10-11-19(2)23(16-18)28(26,27)25-14-12-24(13-15-25)17-21-8-5-7-20-6-3-4-9-22(20)21/h3-11,16H,12-15,17H2,1-2H3. The molecular weight excluding hydrogens is 368 g/mol. The molecule has 0 radical (unpaired) electrons. The molecule has 1 saturated heterocycles. The molecule has 0 bridgehead atoms. The Morgan fingerprint density at radius 2 is 1.57 bits per heavy atom. The van der Waals surface area contributed by atoms with Crippen LogP contribution in [0.4, 0.5) is 0 Å². The van der Waals surface area contributed by atoms with Crippen LogP contribution in [0.5, 0.6) is 0 Å². The largest absolute Gasteiger partial charge is 0.296 e.